The number of carbonyl (C=O) groups excluding carboxylic acids is 2. The molecule has 0 bridgehead atoms. The predicted octanol–water partition coefficient (Wildman–Crippen LogP) is 2.60. The van der Waals surface area contributed by atoms with Crippen molar-refractivity contribution < 1.29 is 14.3 Å². The van der Waals surface area contributed by atoms with Gasteiger partial charge in [-0.1, -0.05) is 12.1 Å². The van der Waals surface area contributed by atoms with Gasteiger partial charge in [-0.2, -0.15) is 0 Å². The molecule has 7 heteroatoms. The first-order valence-corrected chi connectivity index (χ1v) is 7.75. The smallest absolute Gasteiger partial charge is 0.275 e. The zero-order chi connectivity index (χ0) is 17.4. The fourth-order valence-electron chi connectivity index (χ4n) is 2.55. The van der Waals surface area contributed by atoms with Gasteiger partial charge in [0, 0.05) is 5.69 Å². The molecule has 0 fully saturated rings. The summed E-state index contributed by atoms with van der Waals surface area (Å²) in [5, 5.41) is 5.49. The van der Waals surface area contributed by atoms with Gasteiger partial charge in [0.15, 0.2) is 6.10 Å². The first-order chi connectivity index (χ1) is 12.1. The fourth-order valence-corrected chi connectivity index (χ4v) is 2.55. The molecule has 2 heterocycles. The molecule has 0 radical (unpaired) electrons. The molecule has 1 atom stereocenters. The number of para-hydroxylation sites is 2. The van der Waals surface area contributed by atoms with Crippen LogP contribution in [0.5, 0.6) is 5.75 Å². The number of anilines is 2. The lowest BCUT2D eigenvalue weighted by Gasteiger charge is -2.23. The summed E-state index contributed by atoms with van der Waals surface area (Å²) in [6, 6.07) is 12.4. The fraction of sp³-hybridized carbons (Fsp3) is 0.111. The average Bonchev–Trinajstić information content (AvgIpc) is 2.62. The summed E-state index contributed by atoms with van der Waals surface area (Å²) >= 11 is 0. The van der Waals surface area contributed by atoms with Gasteiger partial charge in [-0.05, 0) is 37.3 Å². The molecule has 0 aliphatic carbocycles. The van der Waals surface area contributed by atoms with Gasteiger partial charge in [-0.25, -0.2) is 4.98 Å². The molecule has 1 aromatic heterocycles. The predicted molar refractivity (Wildman–Crippen MR) is 92.7 cm³/mol. The van der Waals surface area contributed by atoms with Crippen molar-refractivity contribution in [2.24, 2.45) is 0 Å². The van der Waals surface area contributed by atoms with Crippen LogP contribution in [0.1, 0.15) is 17.4 Å². The van der Waals surface area contributed by atoms with Gasteiger partial charge in [0.05, 0.1) is 22.9 Å². The van der Waals surface area contributed by atoms with Crippen LogP contribution in [-0.4, -0.2) is 27.9 Å². The van der Waals surface area contributed by atoms with Gasteiger partial charge in [0.2, 0.25) is 0 Å². The molecule has 4 rings (SSSR count). The Labute approximate surface area is 143 Å². The van der Waals surface area contributed by atoms with Crippen molar-refractivity contribution >= 4 is 34.2 Å². The summed E-state index contributed by atoms with van der Waals surface area (Å²) in [6.45, 7) is 1.67. The van der Waals surface area contributed by atoms with E-state index in [0.29, 0.717) is 22.6 Å². The first-order valence-electron chi connectivity index (χ1n) is 7.75. The van der Waals surface area contributed by atoms with Crippen LogP contribution in [0.3, 0.4) is 0 Å². The number of benzene rings is 2. The average molecular weight is 334 g/mol. The van der Waals surface area contributed by atoms with Gasteiger partial charge < -0.3 is 15.4 Å². The SMILES string of the molecule is C[C@H]1Oc2ccc(NC(=O)c3cnc4ccccc4n3)cc2NC1=O. The van der Waals surface area contributed by atoms with Crippen LogP contribution in [0.4, 0.5) is 11.4 Å². The Morgan fingerprint density at radius 1 is 1.20 bits per heavy atom. The minimum absolute atomic E-state index is 0.213. The molecule has 0 saturated carbocycles. The minimum atomic E-state index is -0.541. The molecule has 0 saturated heterocycles. The molecule has 124 valence electrons. The number of fused-ring (bicyclic) bond motifs is 2. The summed E-state index contributed by atoms with van der Waals surface area (Å²) in [4.78, 5) is 32.6. The van der Waals surface area contributed by atoms with Crippen LogP contribution in [0.25, 0.3) is 11.0 Å². The Balaban J connectivity index is 1.58. The molecule has 0 unspecified atom stereocenters. The Morgan fingerprint density at radius 3 is 2.84 bits per heavy atom. The highest BCUT2D eigenvalue weighted by molar-refractivity contribution is 6.04. The first kappa shape index (κ1) is 15.1. The van der Waals surface area contributed by atoms with Crippen molar-refractivity contribution in [2.75, 3.05) is 10.6 Å². The van der Waals surface area contributed by atoms with Gasteiger partial charge >= 0.3 is 0 Å². The lowest BCUT2D eigenvalue weighted by atomic mass is 10.2. The molecule has 2 N–H and O–H groups in total. The summed E-state index contributed by atoms with van der Waals surface area (Å²) in [5.41, 5.74) is 2.63. The molecule has 1 aliphatic rings. The van der Waals surface area contributed by atoms with Crippen LogP contribution in [0.2, 0.25) is 0 Å². The third kappa shape index (κ3) is 2.87. The largest absolute Gasteiger partial charge is 0.479 e. The van der Waals surface area contributed by atoms with E-state index in [1.54, 1.807) is 31.2 Å². The number of rotatable bonds is 2. The summed E-state index contributed by atoms with van der Waals surface area (Å²) in [6.07, 6.45) is 0.892. The van der Waals surface area contributed by atoms with Gasteiger partial charge in [-0.15, -0.1) is 0 Å². The van der Waals surface area contributed by atoms with E-state index >= 15 is 0 Å². The summed E-state index contributed by atoms with van der Waals surface area (Å²) in [5.74, 6) is -0.0402. The van der Waals surface area contributed by atoms with Crippen molar-refractivity contribution in [1.29, 1.82) is 0 Å². The number of carbonyl (C=O) groups is 2. The van der Waals surface area contributed by atoms with Crippen molar-refractivity contribution in [3.63, 3.8) is 0 Å². The molecule has 2 amide bonds. The van der Waals surface area contributed by atoms with Crippen LogP contribution >= 0.6 is 0 Å². The van der Waals surface area contributed by atoms with E-state index in [0.717, 1.165) is 5.52 Å². The van der Waals surface area contributed by atoms with E-state index in [4.69, 9.17) is 4.74 Å². The number of nitrogens with one attached hydrogen (secondary N) is 2. The molecule has 25 heavy (non-hydrogen) atoms. The van der Waals surface area contributed by atoms with E-state index in [1.165, 1.54) is 6.20 Å². The van der Waals surface area contributed by atoms with Crippen molar-refractivity contribution in [3.05, 3.63) is 54.4 Å². The third-order valence-corrected chi connectivity index (χ3v) is 3.85. The number of amides is 2. The van der Waals surface area contributed by atoms with Crippen LogP contribution in [0.15, 0.2) is 48.7 Å². The molecular formula is C18H14N4O3. The lowest BCUT2D eigenvalue weighted by Crippen LogP contribution is -2.34. The number of aromatic nitrogens is 2. The number of ether oxygens (including phenoxy) is 1. The zero-order valence-electron chi connectivity index (χ0n) is 13.3. The monoisotopic (exact) mass is 334 g/mol. The van der Waals surface area contributed by atoms with E-state index in [9.17, 15) is 9.59 Å². The summed E-state index contributed by atoms with van der Waals surface area (Å²) < 4.78 is 5.49. The number of hydrogen-bond donors (Lipinski definition) is 2. The second-order valence-electron chi connectivity index (χ2n) is 5.66. The van der Waals surface area contributed by atoms with Crippen molar-refractivity contribution in [1.82, 2.24) is 9.97 Å². The maximum absolute atomic E-state index is 12.4. The molecule has 0 spiro atoms. The van der Waals surface area contributed by atoms with Crippen LogP contribution in [0, 0.1) is 0 Å². The van der Waals surface area contributed by atoms with Crippen molar-refractivity contribution in [3.8, 4) is 5.75 Å². The van der Waals surface area contributed by atoms with Crippen LogP contribution in [-0.2, 0) is 4.79 Å². The van der Waals surface area contributed by atoms with E-state index in [1.807, 2.05) is 18.2 Å². The third-order valence-electron chi connectivity index (χ3n) is 3.85. The maximum Gasteiger partial charge on any atom is 0.275 e. The van der Waals surface area contributed by atoms with Crippen LogP contribution < -0.4 is 15.4 Å². The highest BCUT2D eigenvalue weighted by Gasteiger charge is 2.23. The second kappa shape index (κ2) is 5.86. The molecule has 2 aromatic carbocycles. The zero-order valence-corrected chi connectivity index (χ0v) is 13.3. The number of nitrogens with zero attached hydrogens (tertiary/aromatic N) is 2. The Morgan fingerprint density at radius 2 is 2.00 bits per heavy atom. The quantitative estimate of drug-likeness (QED) is 0.751. The Bertz CT molecular complexity index is 1000. The van der Waals surface area contributed by atoms with Gasteiger partial charge in [0.1, 0.15) is 11.4 Å². The normalized spacial score (nSPS) is 15.9. The second-order valence-corrected chi connectivity index (χ2v) is 5.66. The van der Waals surface area contributed by atoms with Gasteiger partial charge in [-0.3, -0.25) is 14.6 Å². The van der Waals surface area contributed by atoms with Gasteiger partial charge in [0.25, 0.3) is 11.8 Å². The highest BCUT2D eigenvalue weighted by atomic mass is 16.5. The number of hydrogen-bond acceptors (Lipinski definition) is 5. The highest BCUT2D eigenvalue weighted by Crippen LogP contribution is 2.32. The lowest BCUT2D eigenvalue weighted by molar-refractivity contribution is -0.122. The Kier molecular flexibility index (Phi) is 3.53. The van der Waals surface area contributed by atoms with Crippen molar-refractivity contribution in [2.45, 2.75) is 13.0 Å². The molecular weight excluding hydrogens is 320 g/mol. The molecule has 1 aliphatic heterocycles. The minimum Gasteiger partial charge on any atom is -0.479 e. The van der Waals surface area contributed by atoms with E-state index in [2.05, 4.69) is 20.6 Å². The Hall–Kier alpha value is -3.48. The van der Waals surface area contributed by atoms with E-state index < -0.39 is 6.10 Å². The van der Waals surface area contributed by atoms with E-state index in [-0.39, 0.29) is 17.5 Å². The molecule has 3 aromatic rings. The topological polar surface area (TPSA) is 93.2 Å². The molecule has 7 nitrogen and oxygen atoms in total. The standard InChI is InChI=1S/C18H14N4O3/c1-10-17(23)22-14-8-11(6-7-16(14)25-10)20-18(24)15-9-19-12-4-2-3-5-13(12)21-15/h2-10H,1H3,(H,20,24)(H,22,23)/t10-/m1/s1. The summed E-state index contributed by atoms with van der Waals surface area (Å²) in [7, 11) is 0. The maximum atomic E-state index is 12.4.